The molecule has 0 aromatic carbocycles. The first-order chi connectivity index (χ1) is 11.4. The predicted octanol–water partition coefficient (Wildman–Crippen LogP) is 1.42. The molecule has 1 aliphatic carbocycles. The lowest BCUT2D eigenvalue weighted by Gasteiger charge is -2.33. The lowest BCUT2D eigenvalue weighted by molar-refractivity contribution is -0.122. The van der Waals surface area contributed by atoms with Gasteiger partial charge in [0.15, 0.2) is 0 Å². The molecule has 6 heteroatoms. The van der Waals surface area contributed by atoms with E-state index in [4.69, 9.17) is 0 Å². The van der Waals surface area contributed by atoms with E-state index < -0.39 is 0 Å². The van der Waals surface area contributed by atoms with Gasteiger partial charge in [-0.1, -0.05) is 20.3 Å². The van der Waals surface area contributed by atoms with E-state index in [1.807, 2.05) is 0 Å². The van der Waals surface area contributed by atoms with E-state index in [9.17, 15) is 9.59 Å². The summed E-state index contributed by atoms with van der Waals surface area (Å²) in [7, 11) is 1.67. The van der Waals surface area contributed by atoms with Gasteiger partial charge in [0.05, 0.1) is 6.54 Å². The molecule has 3 amide bonds. The summed E-state index contributed by atoms with van der Waals surface area (Å²) in [6, 6.07) is 0.803. The summed E-state index contributed by atoms with van der Waals surface area (Å²) in [5.41, 5.74) is 0.245. The van der Waals surface area contributed by atoms with Gasteiger partial charge in [-0.25, -0.2) is 4.79 Å². The van der Waals surface area contributed by atoms with Crippen molar-refractivity contribution in [3.05, 3.63) is 0 Å². The minimum absolute atomic E-state index is 0.0593. The van der Waals surface area contributed by atoms with Crippen molar-refractivity contribution in [1.29, 1.82) is 0 Å². The third kappa shape index (κ3) is 3.53. The Kier molecular flexibility index (Phi) is 5.04. The lowest BCUT2D eigenvalue weighted by Crippen LogP contribution is -2.51. The van der Waals surface area contributed by atoms with E-state index in [2.05, 4.69) is 34.3 Å². The Morgan fingerprint density at radius 2 is 1.83 bits per heavy atom. The summed E-state index contributed by atoms with van der Waals surface area (Å²) in [6.45, 7) is 7.69. The number of piperidine rings is 1. The Balaban J connectivity index is 1.49. The molecule has 2 heterocycles. The minimum Gasteiger partial charge on any atom is -0.358 e. The molecule has 0 aromatic rings. The number of hydrogen-bond acceptors (Lipinski definition) is 3. The predicted molar refractivity (Wildman–Crippen MR) is 93.7 cm³/mol. The van der Waals surface area contributed by atoms with E-state index >= 15 is 0 Å². The first kappa shape index (κ1) is 17.5. The van der Waals surface area contributed by atoms with Crippen LogP contribution in [-0.4, -0.2) is 67.0 Å². The maximum atomic E-state index is 12.8. The summed E-state index contributed by atoms with van der Waals surface area (Å²) < 4.78 is 0. The highest BCUT2D eigenvalue weighted by atomic mass is 16.2. The number of urea groups is 1. The molecule has 0 aromatic heterocycles. The quantitative estimate of drug-likeness (QED) is 0.819. The molecule has 3 aliphatic rings. The van der Waals surface area contributed by atoms with Crippen LogP contribution in [0, 0.1) is 11.3 Å². The third-order valence-electron chi connectivity index (χ3n) is 6.28. The third-order valence-corrected chi connectivity index (χ3v) is 6.28. The summed E-state index contributed by atoms with van der Waals surface area (Å²) in [4.78, 5) is 28.5. The second kappa shape index (κ2) is 6.90. The van der Waals surface area contributed by atoms with Crippen LogP contribution >= 0.6 is 0 Å². The second-order valence-corrected chi connectivity index (χ2v) is 8.39. The molecular formula is C18H32N4O2. The zero-order valence-electron chi connectivity index (χ0n) is 15.3. The van der Waals surface area contributed by atoms with Gasteiger partial charge in [0.25, 0.3) is 0 Å². The summed E-state index contributed by atoms with van der Waals surface area (Å²) in [6.07, 6.45) is 5.52. The average Bonchev–Trinajstić information content (AvgIpc) is 3.12. The lowest BCUT2D eigenvalue weighted by atomic mass is 9.80. The number of fused-ring (bicyclic) bond motifs is 1. The van der Waals surface area contributed by atoms with Gasteiger partial charge in [-0.05, 0) is 37.0 Å². The molecule has 1 saturated carbocycles. The number of nitrogens with zero attached hydrogens (tertiary/aromatic N) is 2. The van der Waals surface area contributed by atoms with Gasteiger partial charge in [0, 0.05) is 38.8 Å². The maximum absolute atomic E-state index is 12.8. The van der Waals surface area contributed by atoms with E-state index in [0.29, 0.717) is 18.5 Å². The summed E-state index contributed by atoms with van der Waals surface area (Å²) in [5.74, 6) is 0.724. The van der Waals surface area contributed by atoms with Gasteiger partial charge in [0.2, 0.25) is 5.91 Å². The number of carbonyl (C=O) groups excluding carboxylic acids is 2. The van der Waals surface area contributed by atoms with E-state index in [1.165, 1.54) is 12.8 Å². The van der Waals surface area contributed by atoms with Crippen molar-refractivity contribution in [3.63, 3.8) is 0 Å². The largest absolute Gasteiger partial charge is 0.358 e. The van der Waals surface area contributed by atoms with Crippen molar-refractivity contribution in [1.82, 2.24) is 20.4 Å². The highest BCUT2D eigenvalue weighted by Gasteiger charge is 2.50. The monoisotopic (exact) mass is 336 g/mol. The molecule has 6 nitrogen and oxygen atoms in total. The van der Waals surface area contributed by atoms with Crippen LogP contribution in [0.4, 0.5) is 4.79 Å². The first-order valence-electron chi connectivity index (χ1n) is 9.41. The van der Waals surface area contributed by atoms with Gasteiger partial charge >= 0.3 is 6.03 Å². The van der Waals surface area contributed by atoms with Crippen LogP contribution in [0.3, 0.4) is 0 Å². The smallest absolute Gasteiger partial charge is 0.317 e. The zero-order valence-corrected chi connectivity index (χ0v) is 15.3. The number of amides is 3. The molecule has 136 valence electrons. The molecule has 2 atom stereocenters. The molecule has 0 spiro atoms. The normalized spacial score (nSPS) is 30.2. The minimum atomic E-state index is 0.0593. The van der Waals surface area contributed by atoms with Crippen LogP contribution in [0.5, 0.6) is 0 Å². The molecule has 0 radical (unpaired) electrons. The van der Waals surface area contributed by atoms with E-state index in [1.54, 1.807) is 7.05 Å². The highest BCUT2D eigenvalue weighted by molar-refractivity contribution is 5.77. The Morgan fingerprint density at radius 3 is 2.50 bits per heavy atom. The molecule has 2 saturated heterocycles. The second-order valence-electron chi connectivity index (χ2n) is 8.39. The molecule has 2 aliphatic heterocycles. The summed E-state index contributed by atoms with van der Waals surface area (Å²) in [5, 5.41) is 5.92. The fourth-order valence-corrected chi connectivity index (χ4v) is 4.90. The van der Waals surface area contributed by atoms with Crippen molar-refractivity contribution < 1.29 is 9.59 Å². The van der Waals surface area contributed by atoms with Crippen LogP contribution in [-0.2, 0) is 4.79 Å². The van der Waals surface area contributed by atoms with Crippen LogP contribution < -0.4 is 10.6 Å². The van der Waals surface area contributed by atoms with Crippen molar-refractivity contribution in [2.45, 2.75) is 58.0 Å². The molecule has 3 rings (SSSR count). The fourth-order valence-electron chi connectivity index (χ4n) is 4.90. The van der Waals surface area contributed by atoms with Crippen LogP contribution in [0.2, 0.25) is 0 Å². The van der Waals surface area contributed by atoms with Gasteiger partial charge in [0.1, 0.15) is 0 Å². The van der Waals surface area contributed by atoms with Gasteiger partial charge < -0.3 is 15.5 Å². The molecule has 3 fully saturated rings. The number of nitrogens with one attached hydrogen (secondary N) is 2. The first-order valence-corrected chi connectivity index (χ1v) is 9.41. The van der Waals surface area contributed by atoms with Crippen LogP contribution in [0.1, 0.15) is 46.0 Å². The molecule has 0 unspecified atom stereocenters. The molecule has 24 heavy (non-hydrogen) atoms. The van der Waals surface area contributed by atoms with Gasteiger partial charge in [-0.2, -0.15) is 0 Å². The van der Waals surface area contributed by atoms with Crippen molar-refractivity contribution in [2.24, 2.45) is 11.3 Å². The zero-order chi connectivity index (χ0) is 17.3. The maximum Gasteiger partial charge on any atom is 0.317 e. The fraction of sp³-hybridized carbons (Fsp3) is 0.889. The van der Waals surface area contributed by atoms with Crippen LogP contribution in [0.15, 0.2) is 0 Å². The van der Waals surface area contributed by atoms with Crippen molar-refractivity contribution in [3.8, 4) is 0 Å². The Hall–Kier alpha value is -1.30. The Morgan fingerprint density at radius 1 is 1.12 bits per heavy atom. The van der Waals surface area contributed by atoms with Crippen LogP contribution in [0.25, 0.3) is 0 Å². The van der Waals surface area contributed by atoms with E-state index in [-0.39, 0.29) is 23.4 Å². The molecule has 0 bridgehead atoms. The molecule has 2 N–H and O–H groups in total. The number of carbonyl (C=O) groups is 2. The standard InChI is InChI=1S/C18H32N4O2/c1-18(2)12-22(15-6-4-5-14(15)18)17(24)20-13-7-9-21(10-8-13)11-16(23)19-3/h13-15H,4-12H2,1-3H3,(H,19,23)(H,20,24)/t14-,15+/m1/s1. The van der Waals surface area contributed by atoms with Gasteiger partial charge in [-0.3, -0.25) is 9.69 Å². The Labute approximate surface area is 145 Å². The number of likely N-dealkylation sites (tertiary alicyclic amines) is 2. The van der Waals surface area contributed by atoms with Crippen molar-refractivity contribution in [2.75, 3.05) is 33.2 Å². The van der Waals surface area contributed by atoms with Gasteiger partial charge in [-0.15, -0.1) is 0 Å². The average molecular weight is 336 g/mol. The van der Waals surface area contributed by atoms with Crippen molar-refractivity contribution >= 4 is 11.9 Å². The SMILES string of the molecule is CNC(=O)CN1CCC(NC(=O)N2CC(C)(C)[C@@H]3CCC[C@@H]32)CC1. The number of rotatable bonds is 3. The highest BCUT2D eigenvalue weighted by Crippen LogP contribution is 2.48. The number of likely N-dealkylation sites (N-methyl/N-ethyl adjacent to an activating group) is 1. The molecular weight excluding hydrogens is 304 g/mol. The summed E-state index contributed by atoms with van der Waals surface area (Å²) >= 11 is 0. The Bertz CT molecular complexity index is 485. The number of hydrogen-bond donors (Lipinski definition) is 2. The topological polar surface area (TPSA) is 64.7 Å². The van der Waals surface area contributed by atoms with E-state index in [0.717, 1.165) is 38.9 Å².